The standard InChI is InChI=1S/C23H34N6O8/c24-9-5-4-8-14(25)20(33)27-15(11-18(26)30)21(34)28-16(12-19(31)32)22(35)29-17(23(36)37)10-13-6-2-1-3-7-13/h1-3,6-7,14-17H,4-5,8-12,24-25H2,(H2,26,30)(H,27,33)(H,28,34)(H,29,35)(H,31,32)(H,36,37). The maximum atomic E-state index is 12.8. The van der Waals surface area contributed by atoms with Gasteiger partial charge in [-0.3, -0.25) is 24.0 Å². The summed E-state index contributed by atoms with van der Waals surface area (Å²) < 4.78 is 0. The summed E-state index contributed by atoms with van der Waals surface area (Å²) in [5.74, 6) is -6.70. The number of primary amides is 1. The van der Waals surface area contributed by atoms with Crippen LogP contribution in [-0.4, -0.2) is 76.5 Å². The zero-order chi connectivity index (χ0) is 28.0. The van der Waals surface area contributed by atoms with Crippen LogP contribution in [0.25, 0.3) is 0 Å². The average Bonchev–Trinajstić information content (AvgIpc) is 2.82. The number of rotatable bonds is 17. The van der Waals surface area contributed by atoms with Gasteiger partial charge in [-0.05, 0) is 24.9 Å². The normalized spacial score (nSPS) is 13.9. The molecule has 14 heteroatoms. The molecule has 0 aliphatic rings. The van der Waals surface area contributed by atoms with Gasteiger partial charge in [0.1, 0.15) is 18.1 Å². The van der Waals surface area contributed by atoms with Crippen molar-refractivity contribution in [3.8, 4) is 0 Å². The van der Waals surface area contributed by atoms with Crippen LogP contribution in [0.5, 0.6) is 0 Å². The zero-order valence-corrected chi connectivity index (χ0v) is 20.2. The molecule has 0 aromatic heterocycles. The van der Waals surface area contributed by atoms with E-state index in [4.69, 9.17) is 17.2 Å². The molecule has 4 amide bonds. The molecule has 0 spiro atoms. The van der Waals surface area contributed by atoms with E-state index in [0.29, 0.717) is 24.9 Å². The number of benzene rings is 1. The van der Waals surface area contributed by atoms with Crippen LogP contribution >= 0.6 is 0 Å². The van der Waals surface area contributed by atoms with Crippen molar-refractivity contribution in [2.24, 2.45) is 17.2 Å². The van der Waals surface area contributed by atoms with Crippen molar-refractivity contribution >= 4 is 35.6 Å². The smallest absolute Gasteiger partial charge is 0.326 e. The fraction of sp³-hybridized carbons (Fsp3) is 0.478. The van der Waals surface area contributed by atoms with Crippen LogP contribution in [-0.2, 0) is 35.2 Å². The average molecular weight is 523 g/mol. The predicted molar refractivity (Wildman–Crippen MR) is 131 cm³/mol. The topological polar surface area (TPSA) is 257 Å². The molecule has 0 saturated heterocycles. The Morgan fingerprint density at radius 2 is 1.32 bits per heavy atom. The van der Waals surface area contributed by atoms with E-state index in [9.17, 15) is 39.0 Å². The van der Waals surface area contributed by atoms with Crippen molar-refractivity contribution < 1.29 is 39.0 Å². The zero-order valence-electron chi connectivity index (χ0n) is 20.2. The summed E-state index contributed by atoms with van der Waals surface area (Å²) in [6.45, 7) is 0.405. The van der Waals surface area contributed by atoms with Crippen molar-refractivity contribution in [1.29, 1.82) is 0 Å². The summed E-state index contributed by atoms with van der Waals surface area (Å²) in [5.41, 5.74) is 17.0. The first-order valence-electron chi connectivity index (χ1n) is 11.6. The van der Waals surface area contributed by atoms with Gasteiger partial charge in [0.25, 0.3) is 0 Å². The monoisotopic (exact) mass is 522 g/mol. The minimum absolute atomic E-state index is 0.0992. The third kappa shape index (κ3) is 12.0. The molecule has 4 unspecified atom stereocenters. The highest BCUT2D eigenvalue weighted by Gasteiger charge is 2.32. The molecule has 1 aromatic rings. The Bertz CT molecular complexity index is 958. The van der Waals surface area contributed by atoms with Gasteiger partial charge < -0.3 is 43.4 Å². The van der Waals surface area contributed by atoms with Crippen LogP contribution in [0.2, 0.25) is 0 Å². The Hall–Kier alpha value is -4.04. The Morgan fingerprint density at radius 3 is 1.84 bits per heavy atom. The highest BCUT2D eigenvalue weighted by Crippen LogP contribution is 2.06. The van der Waals surface area contributed by atoms with Crippen molar-refractivity contribution in [3.05, 3.63) is 35.9 Å². The lowest BCUT2D eigenvalue weighted by Crippen LogP contribution is -2.58. The summed E-state index contributed by atoms with van der Waals surface area (Å²) in [7, 11) is 0. The first-order valence-corrected chi connectivity index (χ1v) is 11.6. The molecule has 37 heavy (non-hydrogen) atoms. The number of carboxylic acids is 2. The van der Waals surface area contributed by atoms with Crippen LogP contribution < -0.4 is 33.2 Å². The predicted octanol–water partition coefficient (Wildman–Crippen LogP) is -2.43. The number of hydrogen-bond donors (Lipinski definition) is 8. The largest absolute Gasteiger partial charge is 0.481 e. The first kappa shape index (κ1) is 31.0. The first-order chi connectivity index (χ1) is 17.4. The van der Waals surface area contributed by atoms with Crippen LogP contribution in [0, 0.1) is 0 Å². The number of hydrogen-bond acceptors (Lipinski definition) is 8. The Morgan fingerprint density at radius 1 is 0.784 bits per heavy atom. The van der Waals surface area contributed by atoms with Gasteiger partial charge in [0.15, 0.2) is 0 Å². The van der Waals surface area contributed by atoms with E-state index in [2.05, 4.69) is 16.0 Å². The Balaban J connectivity index is 2.97. The summed E-state index contributed by atoms with van der Waals surface area (Å²) in [6.07, 6.45) is -0.217. The third-order valence-corrected chi connectivity index (χ3v) is 5.25. The molecule has 4 atom stereocenters. The van der Waals surface area contributed by atoms with Gasteiger partial charge in [0.05, 0.1) is 18.9 Å². The molecule has 0 fully saturated rings. The van der Waals surface area contributed by atoms with Gasteiger partial charge >= 0.3 is 11.9 Å². The minimum Gasteiger partial charge on any atom is -0.481 e. The number of nitrogens with two attached hydrogens (primary N) is 3. The number of carboxylic acid groups (broad SMARTS) is 2. The minimum atomic E-state index is -1.71. The molecule has 1 aromatic carbocycles. The molecule has 11 N–H and O–H groups in total. The molecular weight excluding hydrogens is 488 g/mol. The van der Waals surface area contributed by atoms with Crippen molar-refractivity contribution in [2.45, 2.75) is 62.7 Å². The van der Waals surface area contributed by atoms with E-state index in [1.807, 2.05) is 0 Å². The second-order valence-electron chi connectivity index (χ2n) is 8.37. The van der Waals surface area contributed by atoms with E-state index < -0.39 is 72.6 Å². The summed E-state index contributed by atoms with van der Waals surface area (Å²) in [4.78, 5) is 72.5. The Labute approximate surface area is 213 Å². The van der Waals surface area contributed by atoms with Crippen LogP contribution in [0.4, 0.5) is 0 Å². The molecule has 0 radical (unpaired) electrons. The lowest BCUT2D eigenvalue weighted by atomic mass is 10.0. The Kier molecular flexibility index (Phi) is 13.3. The molecule has 0 aliphatic heterocycles. The maximum Gasteiger partial charge on any atom is 0.326 e. The molecule has 1 rings (SSSR count). The maximum absolute atomic E-state index is 12.8. The van der Waals surface area contributed by atoms with Gasteiger partial charge in [-0.2, -0.15) is 0 Å². The number of nitrogens with one attached hydrogen (secondary N) is 3. The third-order valence-electron chi connectivity index (χ3n) is 5.25. The second kappa shape index (κ2) is 15.9. The second-order valence-corrected chi connectivity index (χ2v) is 8.37. The molecule has 0 aliphatic carbocycles. The SMILES string of the molecule is NCCCCC(N)C(=O)NC(CC(N)=O)C(=O)NC(CC(=O)O)C(=O)NC(Cc1ccccc1)C(=O)O. The van der Waals surface area contributed by atoms with Gasteiger partial charge in [0, 0.05) is 6.42 Å². The van der Waals surface area contributed by atoms with Gasteiger partial charge in [-0.25, -0.2) is 4.79 Å². The van der Waals surface area contributed by atoms with Gasteiger partial charge in [-0.1, -0.05) is 36.8 Å². The van der Waals surface area contributed by atoms with Crippen LogP contribution in [0.1, 0.15) is 37.7 Å². The van der Waals surface area contributed by atoms with E-state index >= 15 is 0 Å². The molecule has 204 valence electrons. The number of amides is 4. The van der Waals surface area contributed by atoms with Crippen molar-refractivity contribution in [3.63, 3.8) is 0 Å². The number of unbranched alkanes of at least 4 members (excludes halogenated alkanes) is 1. The molecule has 0 bridgehead atoms. The van der Waals surface area contributed by atoms with Crippen molar-refractivity contribution in [1.82, 2.24) is 16.0 Å². The van der Waals surface area contributed by atoms with Gasteiger partial charge in [-0.15, -0.1) is 0 Å². The summed E-state index contributed by atoms with van der Waals surface area (Å²) >= 11 is 0. The van der Waals surface area contributed by atoms with E-state index in [1.165, 1.54) is 0 Å². The fourth-order valence-corrected chi connectivity index (χ4v) is 3.31. The van der Waals surface area contributed by atoms with Crippen LogP contribution in [0.15, 0.2) is 30.3 Å². The number of carbonyl (C=O) groups is 6. The molecule has 14 nitrogen and oxygen atoms in total. The van der Waals surface area contributed by atoms with E-state index in [-0.39, 0.29) is 12.8 Å². The summed E-state index contributed by atoms with van der Waals surface area (Å²) in [6, 6.07) is 2.69. The van der Waals surface area contributed by atoms with Crippen LogP contribution in [0.3, 0.4) is 0 Å². The van der Waals surface area contributed by atoms with Crippen molar-refractivity contribution in [2.75, 3.05) is 6.54 Å². The quantitative estimate of drug-likeness (QED) is 0.100. The van der Waals surface area contributed by atoms with E-state index in [1.54, 1.807) is 30.3 Å². The van der Waals surface area contributed by atoms with Gasteiger partial charge in [0.2, 0.25) is 23.6 Å². The number of aliphatic carboxylic acids is 2. The van der Waals surface area contributed by atoms with E-state index in [0.717, 1.165) is 0 Å². The number of carbonyl (C=O) groups excluding carboxylic acids is 4. The highest BCUT2D eigenvalue weighted by atomic mass is 16.4. The lowest BCUT2D eigenvalue weighted by Gasteiger charge is -2.24. The lowest BCUT2D eigenvalue weighted by molar-refractivity contribution is -0.143. The summed E-state index contributed by atoms with van der Waals surface area (Å²) in [5, 5.41) is 25.4. The molecule has 0 heterocycles. The fourth-order valence-electron chi connectivity index (χ4n) is 3.31. The highest BCUT2D eigenvalue weighted by molar-refractivity contribution is 5.97. The molecule has 0 saturated carbocycles. The molecular formula is C23H34N6O8.